The van der Waals surface area contributed by atoms with Gasteiger partial charge in [-0.3, -0.25) is 9.59 Å². The van der Waals surface area contributed by atoms with E-state index in [2.05, 4.69) is 10.4 Å². The molecule has 1 aliphatic heterocycles. The van der Waals surface area contributed by atoms with Crippen LogP contribution in [-0.2, 0) is 6.18 Å². The molecule has 1 aliphatic rings. The molecule has 3 rings (SSSR count). The summed E-state index contributed by atoms with van der Waals surface area (Å²) in [6.45, 7) is 2.67. The first-order valence-electron chi connectivity index (χ1n) is 8.96. The van der Waals surface area contributed by atoms with Crippen LogP contribution in [0.3, 0.4) is 0 Å². The van der Waals surface area contributed by atoms with Crippen molar-refractivity contribution in [3.8, 4) is 5.69 Å². The topological polar surface area (TPSA) is 67.2 Å². The van der Waals surface area contributed by atoms with Gasteiger partial charge in [-0.1, -0.05) is 6.07 Å². The van der Waals surface area contributed by atoms with Crippen LogP contribution in [0.2, 0.25) is 0 Å². The van der Waals surface area contributed by atoms with Gasteiger partial charge in [-0.05, 0) is 45.0 Å². The number of carbonyl (C=O) groups excluding carboxylic acids is 1. The van der Waals surface area contributed by atoms with E-state index in [1.807, 2.05) is 0 Å². The molecule has 1 atom stereocenters. The molecule has 1 aromatic carbocycles. The molecule has 9 heteroatoms. The summed E-state index contributed by atoms with van der Waals surface area (Å²) >= 11 is 0. The Morgan fingerprint density at radius 3 is 2.75 bits per heavy atom. The average Bonchev–Trinajstić information content (AvgIpc) is 3.09. The molecule has 1 N–H and O–H groups in total. The zero-order valence-corrected chi connectivity index (χ0v) is 15.6. The van der Waals surface area contributed by atoms with Gasteiger partial charge in [-0.2, -0.15) is 18.3 Å². The molecule has 1 fully saturated rings. The number of rotatable bonds is 4. The van der Waals surface area contributed by atoms with Crippen LogP contribution in [0.15, 0.2) is 35.1 Å². The van der Waals surface area contributed by atoms with Crippen LogP contribution in [0.25, 0.3) is 5.69 Å². The third-order valence-electron chi connectivity index (χ3n) is 4.81. The summed E-state index contributed by atoms with van der Waals surface area (Å²) in [6.07, 6.45) is -2.86. The first kappa shape index (κ1) is 20.1. The normalized spacial score (nSPS) is 17.2. The van der Waals surface area contributed by atoms with Crippen molar-refractivity contribution in [3.05, 3.63) is 57.5 Å². The maximum Gasteiger partial charge on any atom is 0.416 e. The van der Waals surface area contributed by atoms with E-state index in [9.17, 15) is 22.8 Å². The standard InChI is InChI=1S/C19H21F3N4O2/c1-12-9-16(27)17(18(28)25-8-4-7-15(25)11-23-2)24-26(12)14-6-3-5-13(10-14)19(20,21)22/h3,5-6,9-10,15,23H,4,7-8,11H2,1-2H3/t15-/m1/s1. The van der Waals surface area contributed by atoms with Gasteiger partial charge in [-0.15, -0.1) is 0 Å². The van der Waals surface area contributed by atoms with Crippen molar-refractivity contribution in [1.82, 2.24) is 20.0 Å². The Morgan fingerprint density at radius 2 is 2.07 bits per heavy atom. The zero-order valence-electron chi connectivity index (χ0n) is 15.6. The van der Waals surface area contributed by atoms with E-state index in [1.165, 1.54) is 22.9 Å². The molecule has 0 unspecified atom stereocenters. The van der Waals surface area contributed by atoms with E-state index in [-0.39, 0.29) is 17.4 Å². The van der Waals surface area contributed by atoms with Gasteiger partial charge >= 0.3 is 6.18 Å². The number of aromatic nitrogens is 2. The van der Waals surface area contributed by atoms with Crippen molar-refractivity contribution in [3.63, 3.8) is 0 Å². The number of carbonyl (C=O) groups is 1. The molecule has 2 aromatic rings. The van der Waals surface area contributed by atoms with Crippen molar-refractivity contribution in [2.45, 2.75) is 32.0 Å². The molecule has 0 radical (unpaired) electrons. The lowest BCUT2D eigenvalue weighted by atomic mass is 10.2. The van der Waals surface area contributed by atoms with Gasteiger partial charge in [-0.25, -0.2) is 4.68 Å². The molecule has 150 valence electrons. The number of nitrogens with one attached hydrogen (secondary N) is 1. The van der Waals surface area contributed by atoms with E-state index >= 15 is 0 Å². The van der Waals surface area contributed by atoms with Gasteiger partial charge in [0.15, 0.2) is 5.69 Å². The van der Waals surface area contributed by atoms with Gasteiger partial charge < -0.3 is 10.2 Å². The highest BCUT2D eigenvalue weighted by Crippen LogP contribution is 2.30. The highest BCUT2D eigenvalue weighted by molar-refractivity contribution is 5.92. The van der Waals surface area contributed by atoms with Crippen LogP contribution in [0.5, 0.6) is 0 Å². The Kier molecular flexibility index (Phi) is 5.55. The van der Waals surface area contributed by atoms with Gasteiger partial charge in [0.05, 0.1) is 11.3 Å². The Morgan fingerprint density at radius 1 is 1.32 bits per heavy atom. The number of likely N-dealkylation sites (N-methyl/N-ethyl adjacent to an activating group) is 1. The van der Waals surface area contributed by atoms with Crippen LogP contribution < -0.4 is 10.7 Å². The van der Waals surface area contributed by atoms with Gasteiger partial charge in [0.25, 0.3) is 5.91 Å². The molecule has 2 heterocycles. The third kappa shape index (κ3) is 3.94. The summed E-state index contributed by atoms with van der Waals surface area (Å²) in [7, 11) is 1.78. The van der Waals surface area contributed by atoms with E-state index in [1.54, 1.807) is 18.9 Å². The number of amides is 1. The molecular weight excluding hydrogens is 373 g/mol. The smallest absolute Gasteiger partial charge is 0.333 e. The average molecular weight is 394 g/mol. The van der Waals surface area contributed by atoms with Crippen LogP contribution >= 0.6 is 0 Å². The number of hydrogen-bond acceptors (Lipinski definition) is 4. The molecule has 6 nitrogen and oxygen atoms in total. The van der Waals surface area contributed by atoms with Crippen molar-refractivity contribution in [1.29, 1.82) is 0 Å². The van der Waals surface area contributed by atoms with Gasteiger partial charge in [0, 0.05) is 30.9 Å². The van der Waals surface area contributed by atoms with E-state index < -0.39 is 23.1 Å². The predicted octanol–water partition coefficient (Wildman–Crippen LogP) is 2.38. The van der Waals surface area contributed by atoms with Crippen LogP contribution in [0.1, 0.15) is 34.6 Å². The highest BCUT2D eigenvalue weighted by Gasteiger charge is 2.32. The monoisotopic (exact) mass is 394 g/mol. The fourth-order valence-corrected chi connectivity index (χ4v) is 3.46. The van der Waals surface area contributed by atoms with Crippen LogP contribution in [-0.4, -0.2) is 46.8 Å². The number of likely N-dealkylation sites (tertiary alicyclic amines) is 1. The molecule has 0 saturated carbocycles. The molecule has 0 spiro atoms. The second-order valence-electron chi connectivity index (χ2n) is 6.81. The molecule has 28 heavy (non-hydrogen) atoms. The van der Waals surface area contributed by atoms with E-state index in [0.29, 0.717) is 18.8 Å². The summed E-state index contributed by atoms with van der Waals surface area (Å²) in [5.74, 6) is -0.497. The van der Waals surface area contributed by atoms with Crippen molar-refractivity contribution >= 4 is 5.91 Å². The minimum absolute atomic E-state index is 0.0398. The fraction of sp³-hybridized carbons (Fsp3) is 0.421. The summed E-state index contributed by atoms with van der Waals surface area (Å²) in [6, 6.07) is 5.81. The van der Waals surface area contributed by atoms with Gasteiger partial charge in [0.1, 0.15) is 0 Å². The number of nitrogens with zero attached hydrogens (tertiary/aromatic N) is 3. The van der Waals surface area contributed by atoms with Gasteiger partial charge in [0.2, 0.25) is 5.43 Å². The van der Waals surface area contributed by atoms with E-state index in [0.717, 1.165) is 25.0 Å². The number of aryl methyl sites for hydroxylation is 1. The molecular formula is C19H21F3N4O2. The third-order valence-corrected chi connectivity index (χ3v) is 4.81. The number of hydrogen-bond donors (Lipinski definition) is 1. The minimum atomic E-state index is -4.50. The molecule has 1 amide bonds. The summed E-state index contributed by atoms with van der Waals surface area (Å²) in [4.78, 5) is 26.9. The highest BCUT2D eigenvalue weighted by atomic mass is 19.4. The predicted molar refractivity (Wildman–Crippen MR) is 97.6 cm³/mol. The lowest BCUT2D eigenvalue weighted by Crippen LogP contribution is -2.43. The minimum Gasteiger partial charge on any atom is -0.333 e. The largest absolute Gasteiger partial charge is 0.416 e. The van der Waals surface area contributed by atoms with Crippen molar-refractivity contribution in [2.75, 3.05) is 20.1 Å². The maximum atomic E-state index is 13.0. The van der Waals surface area contributed by atoms with E-state index in [4.69, 9.17) is 0 Å². The molecule has 1 saturated heterocycles. The van der Waals surface area contributed by atoms with Crippen molar-refractivity contribution < 1.29 is 18.0 Å². The first-order valence-corrected chi connectivity index (χ1v) is 8.96. The summed E-state index contributed by atoms with van der Waals surface area (Å²) in [5.41, 5.74) is -1.18. The Balaban J connectivity index is 2.02. The molecule has 0 bridgehead atoms. The van der Waals surface area contributed by atoms with Crippen LogP contribution in [0.4, 0.5) is 13.2 Å². The molecule has 0 aliphatic carbocycles. The first-order chi connectivity index (χ1) is 13.2. The quantitative estimate of drug-likeness (QED) is 0.865. The Bertz CT molecular complexity index is 940. The number of alkyl halides is 3. The number of halogens is 3. The summed E-state index contributed by atoms with van der Waals surface area (Å²) in [5, 5.41) is 7.15. The SMILES string of the molecule is CNC[C@H]1CCCN1C(=O)c1nn(-c2cccc(C(F)(F)F)c2)c(C)cc1=O. The summed E-state index contributed by atoms with van der Waals surface area (Å²) < 4.78 is 40.3. The zero-order chi connectivity index (χ0) is 20.5. The number of benzene rings is 1. The second kappa shape index (κ2) is 7.75. The van der Waals surface area contributed by atoms with Crippen molar-refractivity contribution in [2.24, 2.45) is 0 Å². The lowest BCUT2D eigenvalue weighted by molar-refractivity contribution is -0.137. The maximum absolute atomic E-state index is 13.0. The fourth-order valence-electron chi connectivity index (χ4n) is 3.46. The van der Waals surface area contributed by atoms with Crippen LogP contribution in [0, 0.1) is 6.92 Å². The second-order valence-corrected chi connectivity index (χ2v) is 6.81. The lowest BCUT2D eigenvalue weighted by Gasteiger charge is -2.24. The Labute approximate surface area is 160 Å². The Hall–Kier alpha value is -2.68. The molecule has 1 aromatic heterocycles.